The maximum Gasteiger partial charge on any atom is 0.0974 e. The summed E-state index contributed by atoms with van der Waals surface area (Å²) < 4.78 is 0. The highest BCUT2D eigenvalue weighted by Crippen LogP contribution is 1.89. The zero-order chi connectivity index (χ0) is 5.86. The zero-order valence-electron chi connectivity index (χ0n) is 4.33. The van der Waals surface area contributed by atoms with Crippen LogP contribution in [0.5, 0.6) is 0 Å². The number of hydrogen-bond donors (Lipinski definition) is 2. The van der Waals surface area contributed by atoms with Gasteiger partial charge in [-0.25, -0.2) is 0 Å². The molecule has 0 rings (SSSR count). The molecule has 0 aromatic carbocycles. The first-order chi connectivity index (χ1) is 3.18. The summed E-state index contributed by atoms with van der Waals surface area (Å²) in [5.74, 6) is 0. The predicted octanol–water partition coefficient (Wildman–Crippen LogP) is -0.0859. The summed E-state index contributed by atoms with van der Waals surface area (Å²) in [6.45, 7) is 4.78. The van der Waals surface area contributed by atoms with Crippen molar-refractivity contribution in [2.45, 2.75) is 19.1 Å². The minimum absolute atomic E-state index is 0.697. The van der Waals surface area contributed by atoms with Gasteiger partial charge < -0.3 is 10.2 Å². The van der Waals surface area contributed by atoms with Crippen molar-refractivity contribution in [3.63, 3.8) is 0 Å². The molecule has 0 unspecified atom stereocenters. The average Bonchev–Trinajstić information content (AvgIpc) is 1.65. The Morgan fingerprint density at radius 1 is 1.57 bits per heavy atom. The average molecular weight is 102 g/mol. The Balaban J connectivity index is 3.33. The molecule has 0 aromatic heterocycles. The summed E-state index contributed by atoms with van der Waals surface area (Å²) in [6.07, 6.45) is -0.178. The van der Waals surface area contributed by atoms with Gasteiger partial charge >= 0.3 is 0 Å². The van der Waals surface area contributed by atoms with E-state index in [0.29, 0.717) is 0 Å². The highest BCUT2D eigenvalue weighted by Gasteiger charge is 2.02. The summed E-state index contributed by atoms with van der Waals surface area (Å²) in [7, 11) is 0. The van der Waals surface area contributed by atoms with Gasteiger partial charge in [-0.05, 0) is 6.92 Å². The van der Waals surface area contributed by atoms with Crippen LogP contribution < -0.4 is 0 Å². The molecule has 0 saturated carbocycles. The molecule has 2 N–H and O–H groups in total. The standard InChI is InChI=1S/C5H10O2/c1-3-5(7)4(2)6/h3-7H,1H2,2H3/t4-,5-/m1/s1. The van der Waals surface area contributed by atoms with Crippen molar-refractivity contribution < 1.29 is 10.2 Å². The molecule has 0 saturated heterocycles. The minimum Gasteiger partial charge on any atom is -0.390 e. The van der Waals surface area contributed by atoms with E-state index in [1.165, 1.54) is 13.0 Å². The lowest BCUT2D eigenvalue weighted by Gasteiger charge is -2.05. The SMILES string of the molecule is C=C[C@@H](O)[C@@H](C)O. The first-order valence-electron chi connectivity index (χ1n) is 2.17. The fraction of sp³-hybridized carbons (Fsp3) is 0.600. The second kappa shape index (κ2) is 2.77. The van der Waals surface area contributed by atoms with E-state index < -0.39 is 12.2 Å². The van der Waals surface area contributed by atoms with Crippen LogP contribution in [0, 0.1) is 0 Å². The minimum atomic E-state index is -0.778. The van der Waals surface area contributed by atoms with Crippen molar-refractivity contribution in [1.82, 2.24) is 0 Å². The molecule has 0 radical (unpaired) electrons. The summed E-state index contributed by atoms with van der Waals surface area (Å²) in [6, 6.07) is 0. The number of hydrogen-bond acceptors (Lipinski definition) is 2. The maximum absolute atomic E-state index is 8.57. The van der Waals surface area contributed by atoms with Crippen molar-refractivity contribution in [1.29, 1.82) is 0 Å². The monoisotopic (exact) mass is 102 g/mol. The first-order valence-corrected chi connectivity index (χ1v) is 2.17. The van der Waals surface area contributed by atoms with Gasteiger partial charge in [-0.3, -0.25) is 0 Å². The third-order valence-electron chi connectivity index (χ3n) is 0.736. The molecule has 0 heterocycles. The van der Waals surface area contributed by atoms with E-state index in [9.17, 15) is 0 Å². The molecule has 0 aliphatic carbocycles. The fourth-order valence-corrected chi connectivity index (χ4v) is 0.197. The summed E-state index contributed by atoms with van der Waals surface area (Å²) >= 11 is 0. The van der Waals surface area contributed by atoms with E-state index in [4.69, 9.17) is 10.2 Å². The van der Waals surface area contributed by atoms with Crippen LogP contribution in [0.2, 0.25) is 0 Å². The zero-order valence-corrected chi connectivity index (χ0v) is 4.33. The molecular weight excluding hydrogens is 92.1 g/mol. The molecule has 0 spiro atoms. The Kier molecular flexibility index (Phi) is 2.64. The lowest BCUT2D eigenvalue weighted by atomic mass is 10.2. The highest BCUT2D eigenvalue weighted by atomic mass is 16.3. The Morgan fingerprint density at radius 2 is 2.00 bits per heavy atom. The highest BCUT2D eigenvalue weighted by molar-refractivity contribution is 4.81. The molecule has 0 bridgehead atoms. The molecule has 2 nitrogen and oxygen atoms in total. The van der Waals surface area contributed by atoms with Crippen molar-refractivity contribution in [2.24, 2.45) is 0 Å². The third kappa shape index (κ3) is 2.37. The van der Waals surface area contributed by atoms with E-state index in [0.717, 1.165) is 0 Å². The van der Waals surface area contributed by atoms with Gasteiger partial charge in [-0.1, -0.05) is 6.08 Å². The molecule has 0 amide bonds. The van der Waals surface area contributed by atoms with Crippen LogP contribution in [0.4, 0.5) is 0 Å². The van der Waals surface area contributed by atoms with Crippen molar-refractivity contribution in [3.05, 3.63) is 12.7 Å². The number of aliphatic hydroxyl groups excluding tert-OH is 2. The van der Waals surface area contributed by atoms with Gasteiger partial charge in [0.25, 0.3) is 0 Å². The van der Waals surface area contributed by atoms with E-state index >= 15 is 0 Å². The quantitative estimate of drug-likeness (QED) is 0.478. The van der Waals surface area contributed by atoms with Crippen LogP contribution >= 0.6 is 0 Å². The van der Waals surface area contributed by atoms with Crippen LogP contribution in [-0.2, 0) is 0 Å². The summed E-state index contributed by atoms with van der Waals surface area (Å²) in [5.41, 5.74) is 0. The molecule has 0 aliphatic heterocycles. The van der Waals surface area contributed by atoms with Gasteiger partial charge in [-0.15, -0.1) is 6.58 Å². The van der Waals surface area contributed by atoms with Gasteiger partial charge in [0.1, 0.15) is 0 Å². The largest absolute Gasteiger partial charge is 0.390 e. The van der Waals surface area contributed by atoms with Crippen molar-refractivity contribution >= 4 is 0 Å². The van der Waals surface area contributed by atoms with E-state index in [2.05, 4.69) is 6.58 Å². The lowest BCUT2D eigenvalue weighted by molar-refractivity contribution is 0.0621. The number of rotatable bonds is 2. The molecule has 0 fully saturated rings. The molecule has 0 aliphatic rings. The van der Waals surface area contributed by atoms with Gasteiger partial charge in [0.05, 0.1) is 12.2 Å². The lowest BCUT2D eigenvalue weighted by Crippen LogP contribution is -2.18. The smallest absolute Gasteiger partial charge is 0.0974 e. The Morgan fingerprint density at radius 3 is 2.00 bits per heavy atom. The summed E-state index contributed by atoms with van der Waals surface area (Å²) in [5, 5.41) is 17.1. The topological polar surface area (TPSA) is 40.5 Å². The van der Waals surface area contributed by atoms with Crippen LogP contribution in [-0.4, -0.2) is 22.4 Å². The third-order valence-corrected chi connectivity index (χ3v) is 0.736. The predicted molar refractivity (Wildman–Crippen MR) is 27.9 cm³/mol. The summed E-state index contributed by atoms with van der Waals surface area (Å²) in [4.78, 5) is 0. The molecule has 2 heteroatoms. The second-order valence-corrected chi connectivity index (χ2v) is 1.47. The Bertz CT molecular complexity index is 59.1. The molecule has 42 valence electrons. The van der Waals surface area contributed by atoms with Gasteiger partial charge in [0.2, 0.25) is 0 Å². The first kappa shape index (κ1) is 6.66. The van der Waals surface area contributed by atoms with Gasteiger partial charge in [0, 0.05) is 0 Å². The number of aliphatic hydroxyl groups is 2. The molecule has 2 atom stereocenters. The second-order valence-electron chi connectivity index (χ2n) is 1.47. The van der Waals surface area contributed by atoms with Gasteiger partial charge in [0.15, 0.2) is 0 Å². The van der Waals surface area contributed by atoms with Crippen LogP contribution in [0.1, 0.15) is 6.92 Å². The van der Waals surface area contributed by atoms with E-state index in [1.807, 2.05) is 0 Å². The molecular formula is C5H10O2. The van der Waals surface area contributed by atoms with Crippen LogP contribution in [0.15, 0.2) is 12.7 Å². The van der Waals surface area contributed by atoms with Gasteiger partial charge in [-0.2, -0.15) is 0 Å². The van der Waals surface area contributed by atoms with Crippen LogP contribution in [0.3, 0.4) is 0 Å². The Labute approximate surface area is 43.1 Å². The van der Waals surface area contributed by atoms with Crippen molar-refractivity contribution in [3.8, 4) is 0 Å². The molecule has 0 aromatic rings. The maximum atomic E-state index is 8.57. The van der Waals surface area contributed by atoms with E-state index in [-0.39, 0.29) is 0 Å². The van der Waals surface area contributed by atoms with E-state index in [1.54, 1.807) is 0 Å². The Hall–Kier alpha value is -0.340. The fourth-order valence-electron chi connectivity index (χ4n) is 0.197. The van der Waals surface area contributed by atoms with Crippen LogP contribution in [0.25, 0.3) is 0 Å². The molecule has 7 heavy (non-hydrogen) atoms. The van der Waals surface area contributed by atoms with Crippen molar-refractivity contribution in [2.75, 3.05) is 0 Å². The normalized spacial score (nSPS) is 18.1.